The highest BCUT2D eigenvalue weighted by Gasteiger charge is 2.34. The van der Waals surface area contributed by atoms with Gasteiger partial charge in [0.25, 0.3) is 0 Å². The predicted molar refractivity (Wildman–Crippen MR) is 412 cm³/mol. The third-order valence-corrected chi connectivity index (χ3v) is 20.5. The third-order valence-electron chi connectivity index (χ3n) is 20.5. The Hall–Kier alpha value is -12.5. The van der Waals surface area contributed by atoms with E-state index in [1.807, 2.05) is 0 Å². The molecule has 0 saturated carbocycles. The van der Waals surface area contributed by atoms with Crippen LogP contribution >= 0.6 is 0 Å². The standard InChI is InChI=1S/C93H64N4/c1-59-45-48-69(63-29-12-5-13-30-63)56-81(59)94(72-40-26-39-68(55-72)62-27-10-4-11-28-62)79-53-51-75-88-84(66-35-18-8-19-36-66)93-89(85(67-37-20-9-21-38-67)92(88)96-77-43-24-22-41-73(77)86(79)90(75)96)76-52-54-80(87-74-42-23-25-44-78(74)97(93)91(76)87)95(82-57-70(49-46-60(82)2)64-31-14-6-15-32-64)83-58-71(50-47-61(83)3)65-33-16-7-17-34-65/h4-58H,1-3H3. The van der Waals surface area contributed by atoms with Gasteiger partial charge in [-0.25, -0.2) is 0 Å². The van der Waals surface area contributed by atoms with Crippen molar-refractivity contribution in [3.05, 3.63) is 350 Å². The second kappa shape index (κ2) is 22.3. The van der Waals surface area contributed by atoms with Gasteiger partial charge < -0.3 is 18.6 Å². The first kappa shape index (κ1) is 56.1. The molecule has 97 heavy (non-hydrogen) atoms. The maximum atomic E-state index is 2.66. The van der Waals surface area contributed by atoms with Crippen LogP contribution in [-0.4, -0.2) is 8.80 Å². The van der Waals surface area contributed by atoms with Gasteiger partial charge in [-0.1, -0.05) is 279 Å². The molecule has 0 atom stereocenters. The molecule has 0 spiro atoms. The van der Waals surface area contributed by atoms with Crippen molar-refractivity contribution in [3.8, 4) is 66.8 Å². The minimum absolute atomic E-state index is 1.09. The van der Waals surface area contributed by atoms with Crippen molar-refractivity contribution in [1.29, 1.82) is 0 Å². The molecule has 0 unspecified atom stereocenters. The van der Waals surface area contributed by atoms with Crippen molar-refractivity contribution in [2.45, 2.75) is 20.8 Å². The van der Waals surface area contributed by atoms with Gasteiger partial charge in [-0.3, -0.25) is 0 Å². The molecular formula is C93H64N4. The van der Waals surface area contributed by atoms with Crippen LogP contribution in [0, 0.1) is 20.8 Å². The van der Waals surface area contributed by atoms with E-state index >= 15 is 0 Å². The van der Waals surface area contributed by atoms with Gasteiger partial charge in [0.2, 0.25) is 0 Å². The number of nitrogens with zero attached hydrogens (tertiary/aromatic N) is 4. The highest BCUT2D eigenvalue weighted by Crippen LogP contribution is 2.58. The van der Waals surface area contributed by atoms with Crippen LogP contribution in [0.5, 0.6) is 0 Å². The number of para-hydroxylation sites is 2. The zero-order valence-electron chi connectivity index (χ0n) is 54.0. The molecule has 0 aliphatic rings. The zero-order valence-corrected chi connectivity index (χ0v) is 54.0. The van der Waals surface area contributed by atoms with Crippen LogP contribution in [-0.2, 0) is 0 Å². The summed E-state index contributed by atoms with van der Waals surface area (Å²) in [4.78, 5) is 5.12. The van der Waals surface area contributed by atoms with Crippen LogP contribution in [0.25, 0.3) is 143 Å². The molecule has 0 fully saturated rings. The maximum absolute atomic E-state index is 2.66. The smallest absolute Gasteiger partial charge is 0.0642 e. The first-order valence-electron chi connectivity index (χ1n) is 33.7. The average molecular weight is 1240 g/mol. The summed E-state index contributed by atoms with van der Waals surface area (Å²) in [5.74, 6) is 0. The minimum atomic E-state index is 1.09. The first-order valence-corrected chi connectivity index (χ1v) is 33.7. The summed E-state index contributed by atoms with van der Waals surface area (Å²) in [6.45, 7) is 6.80. The minimum Gasteiger partial charge on any atom is -0.309 e. The van der Waals surface area contributed by atoms with Crippen LogP contribution in [0.2, 0.25) is 0 Å². The Bertz CT molecular complexity index is 6130. The number of aryl methyl sites for hydroxylation is 3. The lowest BCUT2D eigenvalue weighted by Crippen LogP contribution is -2.13. The number of aromatic nitrogens is 2. The largest absolute Gasteiger partial charge is 0.309 e. The number of hydrogen-bond donors (Lipinski definition) is 0. The van der Waals surface area contributed by atoms with Gasteiger partial charge in [0.15, 0.2) is 0 Å². The molecule has 0 N–H and O–H groups in total. The molecule has 4 nitrogen and oxygen atoms in total. The quantitative estimate of drug-likeness (QED) is 0.121. The fraction of sp³-hybridized carbons (Fsp3) is 0.0323. The van der Waals surface area contributed by atoms with Gasteiger partial charge in [0, 0.05) is 77.0 Å². The molecule has 4 heterocycles. The first-order chi connectivity index (χ1) is 47.9. The molecule has 4 heteroatoms. The fourth-order valence-corrected chi connectivity index (χ4v) is 16.1. The number of hydrogen-bond acceptors (Lipinski definition) is 2. The lowest BCUT2D eigenvalue weighted by atomic mass is 9.89. The monoisotopic (exact) mass is 1240 g/mol. The van der Waals surface area contributed by atoms with E-state index in [4.69, 9.17) is 0 Å². The second-order valence-electron chi connectivity index (χ2n) is 26.0. The zero-order chi connectivity index (χ0) is 64.4. The molecular weight excluding hydrogens is 1170 g/mol. The summed E-state index contributed by atoms with van der Waals surface area (Å²) < 4.78 is 5.32. The molecule has 19 aromatic rings. The third kappa shape index (κ3) is 8.70. The average Bonchev–Trinajstić information content (AvgIpc) is 1.50. The Balaban J connectivity index is 0.964. The van der Waals surface area contributed by atoms with Gasteiger partial charge in [-0.05, 0) is 148 Å². The Morgan fingerprint density at radius 2 is 0.526 bits per heavy atom. The van der Waals surface area contributed by atoms with Crippen LogP contribution in [0.15, 0.2) is 334 Å². The van der Waals surface area contributed by atoms with E-state index in [0.717, 1.165) is 61.8 Å². The summed E-state index contributed by atoms with van der Waals surface area (Å²) in [5, 5.41) is 9.67. The van der Waals surface area contributed by atoms with Crippen LogP contribution in [0.1, 0.15) is 16.7 Å². The van der Waals surface area contributed by atoms with Crippen molar-refractivity contribution in [2.24, 2.45) is 0 Å². The summed E-state index contributed by atoms with van der Waals surface area (Å²) in [6.07, 6.45) is 0. The second-order valence-corrected chi connectivity index (χ2v) is 26.0. The Kier molecular flexibility index (Phi) is 12.9. The highest BCUT2D eigenvalue weighted by molar-refractivity contribution is 6.39. The predicted octanol–water partition coefficient (Wildman–Crippen LogP) is 25.9. The van der Waals surface area contributed by atoms with Crippen molar-refractivity contribution < 1.29 is 0 Å². The van der Waals surface area contributed by atoms with E-state index in [2.05, 4.69) is 373 Å². The molecule has 4 aromatic heterocycles. The summed E-state index contributed by atoms with van der Waals surface area (Å²) in [6, 6.07) is 124. The van der Waals surface area contributed by atoms with Crippen LogP contribution in [0.4, 0.5) is 34.1 Å². The molecule has 19 rings (SSSR count). The Morgan fingerprint density at radius 1 is 0.206 bits per heavy atom. The molecule has 0 amide bonds. The molecule has 0 aliphatic carbocycles. The van der Waals surface area contributed by atoms with E-state index < -0.39 is 0 Å². The molecule has 15 aromatic carbocycles. The van der Waals surface area contributed by atoms with Gasteiger partial charge in [-0.15, -0.1) is 0 Å². The van der Waals surface area contributed by atoms with Crippen molar-refractivity contribution in [2.75, 3.05) is 9.80 Å². The van der Waals surface area contributed by atoms with Crippen LogP contribution in [0.3, 0.4) is 0 Å². The molecule has 0 saturated heterocycles. The number of anilines is 6. The lowest BCUT2D eigenvalue weighted by molar-refractivity contribution is 1.24. The number of fused-ring (bicyclic) bond motifs is 12. The van der Waals surface area contributed by atoms with Gasteiger partial charge >= 0.3 is 0 Å². The maximum Gasteiger partial charge on any atom is 0.0642 e. The molecule has 0 aliphatic heterocycles. The van der Waals surface area contributed by atoms with Crippen molar-refractivity contribution in [1.82, 2.24) is 8.80 Å². The summed E-state index contributed by atoms with van der Waals surface area (Å²) in [7, 11) is 0. The summed E-state index contributed by atoms with van der Waals surface area (Å²) in [5.41, 5.74) is 31.5. The fourth-order valence-electron chi connectivity index (χ4n) is 16.1. The van der Waals surface area contributed by atoms with E-state index in [9.17, 15) is 0 Å². The molecule has 0 radical (unpaired) electrons. The van der Waals surface area contributed by atoms with E-state index in [0.29, 0.717) is 0 Å². The van der Waals surface area contributed by atoms with E-state index in [-0.39, 0.29) is 0 Å². The number of rotatable bonds is 12. The lowest BCUT2D eigenvalue weighted by Gasteiger charge is -2.30. The van der Waals surface area contributed by atoms with Gasteiger partial charge in [-0.2, -0.15) is 0 Å². The molecule has 456 valence electrons. The van der Waals surface area contributed by atoms with Gasteiger partial charge in [0.05, 0.1) is 44.5 Å². The van der Waals surface area contributed by atoms with Crippen molar-refractivity contribution >= 4 is 110 Å². The number of benzene rings is 15. The van der Waals surface area contributed by atoms with Crippen LogP contribution < -0.4 is 9.80 Å². The summed E-state index contributed by atoms with van der Waals surface area (Å²) >= 11 is 0. The normalized spacial score (nSPS) is 11.9. The van der Waals surface area contributed by atoms with E-state index in [1.165, 1.54) is 132 Å². The topological polar surface area (TPSA) is 15.3 Å². The van der Waals surface area contributed by atoms with Gasteiger partial charge in [0.1, 0.15) is 0 Å². The van der Waals surface area contributed by atoms with E-state index in [1.54, 1.807) is 0 Å². The highest BCUT2D eigenvalue weighted by atomic mass is 15.2. The Labute approximate surface area is 563 Å². The van der Waals surface area contributed by atoms with Crippen molar-refractivity contribution in [3.63, 3.8) is 0 Å². The SMILES string of the molecule is Cc1ccc(-c2ccccc2)cc1N(c1cccc(-c2ccccc2)c1)c1ccc2c3c(-c4ccccc4)c4c(c(-c5ccccc5)c3n3c5ccccc5c1c23)c1ccc(N(c2cc(-c3ccccc3)ccc2C)c2cc(-c3ccccc3)ccc2C)c2c3ccccc3n4c12. The Morgan fingerprint density at radius 3 is 0.918 bits per heavy atom. The molecule has 0 bridgehead atoms.